The third-order valence-electron chi connectivity index (χ3n) is 6.48. The number of amides is 2. The Balaban J connectivity index is 2.29. The van der Waals surface area contributed by atoms with Gasteiger partial charge in [0.2, 0.25) is 11.8 Å². The zero-order chi connectivity index (χ0) is 26.4. The monoisotopic (exact) mass is 483 g/mol. The van der Waals surface area contributed by atoms with Gasteiger partial charge in [-0.15, -0.1) is 5.10 Å². The Kier molecular flexibility index (Phi) is 9.31. The molecule has 0 unspecified atom stereocenters. The van der Waals surface area contributed by atoms with E-state index in [2.05, 4.69) is 31.3 Å². The van der Waals surface area contributed by atoms with Crippen molar-refractivity contribution < 1.29 is 9.59 Å². The van der Waals surface area contributed by atoms with E-state index in [9.17, 15) is 9.59 Å². The molecule has 9 heteroatoms. The Bertz CT molecular complexity index is 979. The first-order valence-electron chi connectivity index (χ1n) is 12.0. The first-order chi connectivity index (χ1) is 16.3. The van der Waals surface area contributed by atoms with Crippen LogP contribution in [0.15, 0.2) is 36.4 Å². The van der Waals surface area contributed by atoms with Gasteiger partial charge in [0.1, 0.15) is 6.04 Å². The highest BCUT2D eigenvalue weighted by atomic mass is 16.2. The maximum absolute atomic E-state index is 13.8. The summed E-state index contributed by atoms with van der Waals surface area (Å²) in [6.45, 7) is 14.0. The summed E-state index contributed by atoms with van der Waals surface area (Å²) in [5.74, 6) is 0.274. The number of aromatic nitrogens is 4. The van der Waals surface area contributed by atoms with Gasteiger partial charge in [0, 0.05) is 12.5 Å². The van der Waals surface area contributed by atoms with Crippen LogP contribution < -0.4 is 10.6 Å². The molecule has 1 aromatic heterocycles. The molecule has 2 aromatic rings. The molecule has 192 valence electrons. The highest BCUT2D eigenvalue weighted by Crippen LogP contribution is 2.29. The Hall–Kier alpha value is -3.07. The number of hydrogen-bond acceptors (Lipinski definition) is 6. The summed E-state index contributed by atoms with van der Waals surface area (Å²) in [5.41, 5.74) is 0.0411. The van der Waals surface area contributed by atoms with Crippen LogP contribution in [0.5, 0.6) is 0 Å². The van der Waals surface area contributed by atoms with E-state index < -0.39 is 22.9 Å². The fraction of sp³-hybridized carbons (Fsp3) is 0.577. The van der Waals surface area contributed by atoms with Gasteiger partial charge in [-0.3, -0.25) is 9.59 Å². The van der Waals surface area contributed by atoms with Crippen LogP contribution in [0.1, 0.15) is 59.9 Å². The molecule has 1 heterocycles. The second-order valence-electron chi connectivity index (χ2n) is 10.9. The quantitative estimate of drug-likeness (QED) is 0.479. The van der Waals surface area contributed by atoms with Crippen LogP contribution in [0.4, 0.5) is 0 Å². The number of tetrazole rings is 1. The predicted octanol–water partition coefficient (Wildman–Crippen LogP) is 2.79. The largest absolute Gasteiger partial charge is 0.342 e. The third-order valence-corrected chi connectivity index (χ3v) is 6.48. The van der Waals surface area contributed by atoms with E-state index in [4.69, 9.17) is 0 Å². The van der Waals surface area contributed by atoms with Gasteiger partial charge in [0.15, 0.2) is 5.82 Å². The normalized spacial score (nSPS) is 15.1. The van der Waals surface area contributed by atoms with Gasteiger partial charge in [-0.1, -0.05) is 84.9 Å². The summed E-state index contributed by atoms with van der Waals surface area (Å²) in [4.78, 5) is 29.0. The summed E-state index contributed by atoms with van der Waals surface area (Å²) in [6.07, 6.45) is 3.67. The standard InChI is InChI=1S/C26H41N7O2/c1-17(2)19(15-16-20-29-31-32-30-20)33(9)24(35)22(25(3,4)5)28-23(34)21(27-8)26(6,7)18-13-11-10-12-14-18/h10-17,19,21-22,27H,1-9H3,(H,28,34)(H,29,30,31,32)/b16-15+/t19-,21-,22-/m1/s1. The van der Waals surface area contributed by atoms with Gasteiger partial charge in [0.05, 0.1) is 12.1 Å². The number of H-pyrrole nitrogens is 1. The van der Waals surface area contributed by atoms with Crippen molar-refractivity contribution in [3.63, 3.8) is 0 Å². The maximum Gasteiger partial charge on any atom is 0.245 e. The van der Waals surface area contributed by atoms with Gasteiger partial charge in [-0.2, -0.15) is 0 Å². The fourth-order valence-electron chi connectivity index (χ4n) is 4.30. The van der Waals surface area contributed by atoms with Crippen LogP contribution in [0.3, 0.4) is 0 Å². The fourth-order valence-corrected chi connectivity index (χ4v) is 4.30. The summed E-state index contributed by atoms with van der Waals surface area (Å²) in [5, 5.41) is 20.0. The molecule has 0 fully saturated rings. The average Bonchev–Trinajstić information content (AvgIpc) is 3.30. The molecule has 0 bridgehead atoms. The molecule has 9 nitrogen and oxygen atoms in total. The summed E-state index contributed by atoms with van der Waals surface area (Å²) in [7, 11) is 3.54. The van der Waals surface area contributed by atoms with Crippen LogP contribution >= 0.6 is 0 Å². The minimum absolute atomic E-state index is 0.134. The van der Waals surface area contributed by atoms with Gasteiger partial charge in [-0.05, 0) is 40.4 Å². The number of benzene rings is 1. The van der Waals surface area contributed by atoms with E-state index in [1.54, 1.807) is 25.1 Å². The molecule has 2 rings (SSSR count). The minimum Gasteiger partial charge on any atom is -0.342 e. The van der Waals surface area contributed by atoms with Gasteiger partial charge >= 0.3 is 0 Å². The Morgan fingerprint density at radius 2 is 1.69 bits per heavy atom. The van der Waals surface area contributed by atoms with Crippen LogP contribution in [0.2, 0.25) is 0 Å². The number of carbonyl (C=O) groups is 2. The second-order valence-corrected chi connectivity index (χ2v) is 10.9. The number of likely N-dealkylation sites (N-methyl/N-ethyl adjacent to an activating group) is 2. The first kappa shape index (κ1) is 28.2. The number of rotatable bonds is 10. The lowest BCUT2D eigenvalue weighted by molar-refractivity contribution is -0.140. The molecule has 0 spiro atoms. The van der Waals surface area contributed by atoms with Crippen LogP contribution in [0, 0.1) is 11.3 Å². The minimum atomic E-state index is -0.719. The molecule has 2 amide bonds. The molecule has 3 N–H and O–H groups in total. The van der Waals surface area contributed by atoms with E-state index >= 15 is 0 Å². The Labute approximate surface area is 209 Å². The lowest BCUT2D eigenvalue weighted by atomic mass is 9.76. The van der Waals surface area contributed by atoms with Crippen molar-refractivity contribution in [1.29, 1.82) is 0 Å². The highest BCUT2D eigenvalue weighted by molar-refractivity contribution is 5.91. The summed E-state index contributed by atoms with van der Waals surface area (Å²) >= 11 is 0. The van der Waals surface area contributed by atoms with Crippen molar-refractivity contribution >= 4 is 17.9 Å². The average molecular weight is 484 g/mol. The van der Waals surface area contributed by atoms with E-state index in [1.807, 2.05) is 84.9 Å². The number of nitrogens with one attached hydrogen (secondary N) is 3. The van der Waals surface area contributed by atoms with Gasteiger partial charge in [0.25, 0.3) is 0 Å². The lowest BCUT2D eigenvalue weighted by Gasteiger charge is -2.39. The molecular formula is C26H41N7O2. The van der Waals surface area contributed by atoms with E-state index in [0.29, 0.717) is 5.82 Å². The molecule has 0 aliphatic heterocycles. The molecule has 3 atom stereocenters. The van der Waals surface area contributed by atoms with E-state index in [-0.39, 0.29) is 23.8 Å². The molecule has 35 heavy (non-hydrogen) atoms. The Morgan fingerprint density at radius 1 is 1.06 bits per heavy atom. The SMILES string of the molecule is CN[C@H](C(=O)N[C@H](C(=O)N(C)[C@H](/C=C/c1nnn[nH]1)C(C)C)C(C)(C)C)C(C)(C)c1ccccc1. The van der Waals surface area contributed by atoms with Crippen molar-refractivity contribution in [2.75, 3.05) is 14.1 Å². The second kappa shape index (κ2) is 11.6. The smallest absolute Gasteiger partial charge is 0.245 e. The van der Waals surface area contributed by atoms with Gasteiger partial charge < -0.3 is 15.5 Å². The maximum atomic E-state index is 13.8. The third kappa shape index (κ3) is 6.97. The lowest BCUT2D eigenvalue weighted by Crippen LogP contribution is -2.61. The number of hydrogen-bond donors (Lipinski definition) is 3. The number of aromatic amines is 1. The summed E-state index contributed by atoms with van der Waals surface area (Å²) in [6, 6.07) is 8.45. The molecule has 0 aliphatic rings. The highest BCUT2D eigenvalue weighted by Gasteiger charge is 2.41. The Morgan fingerprint density at radius 3 is 2.17 bits per heavy atom. The van der Waals surface area contributed by atoms with Crippen molar-refractivity contribution in [1.82, 2.24) is 36.2 Å². The summed E-state index contributed by atoms with van der Waals surface area (Å²) < 4.78 is 0. The first-order valence-corrected chi connectivity index (χ1v) is 12.0. The van der Waals surface area contributed by atoms with Crippen molar-refractivity contribution in [2.24, 2.45) is 11.3 Å². The van der Waals surface area contributed by atoms with Crippen LogP contribution in [0.25, 0.3) is 6.08 Å². The van der Waals surface area contributed by atoms with E-state index in [1.165, 1.54) is 0 Å². The predicted molar refractivity (Wildman–Crippen MR) is 138 cm³/mol. The molecule has 1 aromatic carbocycles. The van der Waals surface area contributed by atoms with E-state index in [0.717, 1.165) is 5.56 Å². The zero-order valence-electron chi connectivity index (χ0n) is 22.5. The molecule has 0 radical (unpaired) electrons. The van der Waals surface area contributed by atoms with Crippen molar-refractivity contribution in [3.8, 4) is 0 Å². The number of carbonyl (C=O) groups excluding carboxylic acids is 2. The van der Waals surface area contributed by atoms with Gasteiger partial charge in [-0.25, -0.2) is 5.10 Å². The van der Waals surface area contributed by atoms with Crippen molar-refractivity contribution in [3.05, 3.63) is 47.8 Å². The molecule has 0 saturated carbocycles. The number of nitrogens with zero attached hydrogens (tertiary/aromatic N) is 4. The topological polar surface area (TPSA) is 116 Å². The van der Waals surface area contributed by atoms with Crippen molar-refractivity contribution in [2.45, 2.75) is 72.0 Å². The molecular weight excluding hydrogens is 442 g/mol. The zero-order valence-corrected chi connectivity index (χ0v) is 22.5. The molecule has 0 saturated heterocycles. The molecule has 0 aliphatic carbocycles. The van der Waals surface area contributed by atoms with Crippen LogP contribution in [-0.4, -0.2) is 69.6 Å². The van der Waals surface area contributed by atoms with Crippen LogP contribution in [-0.2, 0) is 15.0 Å².